The number of carbonyl (C=O) groups is 1. The van der Waals surface area contributed by atoms with Crippen molar-refractivity contribution in [2.24, 2.45) is 0 Å². The molecule has 0 aliphatic heterocycles. The molecule has 0 unspecified atom stereocenters. The van der Waals surface area contributed by atoms with Gasteiger partial charge >= 0.3 is 5.97 Å². The highest BCUT2D eigenvalue weighted by atomic mass is 19.1. The van der Waals surface area contributed by atoms with E-state index in [9.17, 15) is 9.18 Å². The molecule has 4 heteroatoms. The molecule has 0 saturated heterocycles. The Morgan fingerprint density at radius 1 is 1.59 bits per heavy atom. The number of ether oxygens (including phenoxy) is 1. The van der Waals surface area contributed by atoms with Crippen molar-refractivity contribution in [1.82, 2.24) is 0 Å². The van der Waals surface area contributed by atoms with Crippen LogP contribution < -0.4 is 4.74 Å². The summed E-state index contributed by atoms with van der Waals surface area (Å²) in [6, 6.07) is 4.29. The van der Waals surface area contributed by atoms with Crippen molar-refractivity contribution < 1.29 is 19.0 Å². The van der Waals surface area contributed by atoms with Crippen LogP contribution in [0.15, 0.2) is 24.3 Å². The fourth-order valence-electron chi connectivity index (χ4n) is 1.15. The summed E-state index contributed by atoms with van der Waals surface area (Å²) in [5.41, 5.74) is 0.366. The van der Waals surface area contributed by atoms with Crippen molar-refractivity contribution in [2.75, 3.05) is 6.61 Å². The molecule has 0 fully saturated rings. The van der Waals surface area contributed by atoms with E-state index in [0.29, 0.717) is 5.56 Å². The van der Waals surface area contributed by atoms with Crippen LogP contribution in [0, 0.1) is 17.7 Å². The van der Waals surface area contributed by atoms with E-state index in [1.165, 1.54) is 18.2 Å². The van der Waals surface area contributed by atoms with Crippen LogP contribution in [0.3, 0.4) is 0 Å². The number of halogens is 1. The molecule has 88 valence electrons. The second-order valence-electron chi connectivity index (χ2n) is 3.05. The Kier molecular flexibility index (Phi) is 4.77. The summed E-state index contributed by atoms with van der Waals surface area (Å²) in [5.74, 6) is 3.61. The second-order valence-corrected chi connectivity index (χ2v) is 3.05. The zero-order valence-corrected chi connectivity index (χ0v) is 9.24. The summed E-state index contributed by atoms with van der Waals surface area (Å²) < 4.78 is 18.6. The summed E-state index contributed by atoms with van der Waals surface area (Å²) in [6.07, 6.45) is 2.20. The molecule has 0 heterocycles. The molecule has 0 aliphatic rings. The van der Waals surface area contributed by atoms with Gasteiger partial charge < -0.3 is 9.84 Å². The molecule has 1 aromatic carbocycles. The lowest BCUT2D eigenvalue weighted by molar-refractivity contribution is -0.131. The monoisotopic (exact) mass is 234 g/mol. The van der Waals surface area contributed by atoms with Crippen molar-refractivity contribution in [3.63, 3.8) is 0 Å². The van der Waals surface area contributed by atoms with E-state index < -0.39 is 11.8 Å². The maximum Gasteiger partial charge on any atom is 0.328 e. The van der Waals surface area contributed by atoms with Gasteiger partial charge in [-0.05, 0) is 19.1 Å². The smallest absolute Gasteiger partial charge is 0.328 e. The molecular weight excluding hydrogens is 223 g/mol. The van der Waals surface area contributed by atoms with E-state index in [-0.39, 0.29) is 12.4 Å². The fraction of sp³-hybridized carbons (Fsp3) is 0.154. The van der Waals surface area contributed by atoms with Gasteiger partial charge in [-0.25, -0.2) is 9.18 Å². The molecule has 0 saturated carbocycles. The highest BCUT2D eigenvalue weighted by Crippen LogP contribution is 2.23. The first-order valence-corrected chi connectivity index (χ1v) is 4.87. The fourth-order valence-corrected chi connectivity index (χ4v) is 1.15. The summed E-state index contributed by atoms with van der Waals surface area (Å²) in [6.45, 7) is 1.71. The third-order valence-corrected chi connectivity index (χ3v) is 1.87. The highest BCUT2D eigenvalue weighted by Gasteiger charge is 2.07. The van der Waals surface area contributed by atoms with Crippen molar-refractivity contribution in [1.29, 1.82) is 0 Å². The van der Waals surface area contributed by atoms with E-state index in [2.05, 4.69) is 11.8 Å². The van der Waals surface area contributed by atoms with Crippen LogP contribution >= 0.6 is 0 Å². The van der Waals surface area contributed by atoms with Gasteiger partial charge in [-0.1, -0.05) is 18.1 Å². The number of hydrogen-bond donors (Lipinski definition) is 1. The first-order chi connectivity index (χ1) is 8.15. The SMILES string of the molecule is CC#CCOc1c(F)cccc1/C=C/C(=O)O. The topological polar surface area (TPSA) is 46.5 Å². The van der Waals surface area contributed by atoms with Crippen molar-refractivity contribution in [3.8, 4) is 17.6 Å². The molecule has 3 nitrogen and oxygen atoms in total. The molecular formula is C13H11FO3. The van der Waals surface area contributed by atoms with Crippen LogP contribution in [0.2, 0.25) is 0 Å². The molecule has 1 N–H and O–H groups in total. The van der Waals surface area contributed by atoms with Crippen LogP contribution in [0.1, 0.15) is 12.5 Å². The van der Waals surface area contributed by atoms with Gasteiger partial charge in [0, 0.05) is 11.6 Å². The summed E-state index contributed by atoms with van der Waals surface area (Å²) >= 11 is 0. The van der Waals surface area contributed by atoms with E-state index in [0.717, 1.165) is 6.08 Å². The second kappa shape index (κ2) is 6.33. The maximum atomic E-state index is 13.4. The number of rotatable bonds is 4. The van der Waals surface area contributed by atoms with Gasteiger partial charge in [0.2, 0.25) is 0 Å². The van der Waals surface area contributed by atoms with Crippen LogP contribution in [-0.2, 0) is 4.79 Å². The molecule has 0 aliphatic carbocycles. The number of benzene rings is 1. The molecule has 0 aromatic heterocycles. The van der Waals surface area contributed by atoms with E-state index in [1.807, 2.05) is 0 Å². The number of para-hydroxylation sites is 1. The van der Waals surface area contributed by atoms with Gasteiger partial charge in [-0.3, -0.25) is 0 Å². The Morgan fingerprint density at radius 2 is 2.35 bits per heavy atom. The molecule has 0 bridgehead atoms. The summed E-state index contributed by atoms with van der Waals surface area (Å²) in [4.78, 5) is 10.4. The van der Waals surface area contributed by atoms with Gasteiger partial charge in [0.05, 0.1) is 0 Å². The Morgan fingerprint density at radius 3 is 3.00 bits per heavy atom. The molecule has 0 amide bonds. The highest BCUT2D eigenvalue weighted by molar-refractivity contribution is 5.85. The van der Waals surface area contributed by atoms with Gasteiger partial charge in [0.15, 0.2) is 11.6 Å². The molecule has 0 atom stereocenters. The molecule has 0 radical (unpaired) electrons. The van der Waals surface area contributed by atoms with Gasteiger partial charge in [0.25, 0.3) is 0 Å². The predicted molar refractivity (Wildman–Crippen MR) is 62.0 cm³/mol. The molecule has 1 aromatic rings. The lowest BCUT2D eigenvalue weighted by Gasteiger charge is -2.07. The van der Waals surface area contributed by atoms with Crippen LogP contribution in [0.4, 0.5) is 4.39 Å². The Labute approximate surface area is 98.5 Å². The maximum absolute atomic E-state index is 13.4. The average Bonchev–Trinajstić information content (AvgIpc) is 2.29. The van der Waals surface area contributed by atoms with Crippen molar-refractivity contribution in [2.45, 2.75) is 6.92 Å². The van der Waals surface area contributed by atoms with Crippen LogP contribution in [0.25, 0.3) is 6.08 Å². The van der Waals surface area contributed by atoms with Gasteiger partial charge in [-0.2, -0.15) is 0 Å². The van der Waals surface area contributed by atoms with Crippen molar-refractivity contribution >= 4 is 12.0 Å². The van der Waals surface area contributed by atoms with Crippen molar-refractivity contribution in [3.05, 3.63) is 35.7 Å². The number of carboxylic acid groups (broad SMARTS) is 1. The zero-order valence-electron chi connectivity index (χ0n) is 9.24. The third-order valence-electron chi connectivity index (χ3n) is 1.87. The number of hydrogen-bond acceptors (Lipinski definition) is 2. The standard InChI is InChI=1S/C13H11FO3/c1-2-3-9-17-13-10(7-8-12(15)16)5-4-6-11(13)14/h4-8H,9H2,1H3,(H,15,16)/b8-7+. The first kappa shape index (κ1) is 12.8. The molecule has 0 spiro atoms. The van der Waals surface area contributed by atoms with Gasteiger partial charge in [-0.15, -0.1) is 5.92 Å². The lowest BCUT2D eigenvalue weighted by atomic mass is 10.2. The zero-order chi connectivity index (χ0) is 12.7. The Balaban J connectivity index is 2.98. The van der Waals surface area contributed by atoms with E-state index >= 15 is 0 Å². The largest absolute Gasteiger partial charge is 0.478 e. The number of aliphatic carboxylic acids is 1. The number of carboxylic acids is 1. The quantitative estimate of drug-likeness (QED) is 0.642. The minimum absolute atomic E-state index is 0.00718. The van der Waals surface area contributed by atoms with E-state index in [1.54, 1.807) is 13.0 Å². The van der Waals surface area contributed by atoms with Crippen LogP contribution in [-0.4, -0.2) is 17.7 Å². The first-order valence-electron chi connectivity index (χ1n) is 4.87. The minimum Gasteiger partial charge on any atom is -0.478 e. The Hall–Kier alpha value is -2.28. The average molecular weight is 234 g/mol. The van der Waals surface area contributed by atoms with Crippen LogP contribution in [0.5, 0.6) is 5.75 Å². The molecule has 17 heavy (non-hydrogen) atoms. The minimum atomic E-state index is -1.10. The third kappa shape index (κ3) is 3.99. The molecule has 1 rings (SSSR count). The normalized spacial score (nSPS) is 9.76. The predicted octanol–water partition coefficient (Wildman–Crippen LogP) is 2.33. The summed E-state index contributed by atoms with van der Waals surface area (Å²) in [7, 11) is 0. The van der Waals surface area contributed by atoms with E-state index in [4.69, 9.17) is 9.84 Å². The van der Waals surface area contributed by atoms with Gasteiger partial charge in [0.1, 0.15) is 6.61 Å². The summed E-state index contributed by atoms with van der Waals surface area (Å²) in [5, 5.41) is 8.51. The lowest BCUT2D eigenvalue weighted by Crippen LogP contribution is -1.99. The Bertz CT molecular complexity index is 495.